The van der Waals surface area contributed by atoms with Gasteiger partial charge in [-0.25, -0.2) is 0 Å². The van der Waals surface area contributed by atoms with Crippen molar-refractivity contribution in [2.45, 2.75) is 45.1 Å². The lowest BCUT2D eigenvalue weighted by Gasteiger charge is -2.38. The second kappa shape index (κ2) is 4.94. The van der Waals surface area contributed by atoms with Gasteiger partial charge in [0.25, 0.3) is 0 Å². The molecule has 0 bridgehead atoms. The van der Waals surface area contributed by atoms with Gasteiger partial charge in [-0.3, -0.25) is 4.79 Å². The van der Waals surface area contributed by atoms with E-state index in [0.29, 0.717) is 5.41 Å². The normalized spacial score (nSPS) is 25.3. The number of ether oxygens (including phenoxy) is 1. The first-order valence-electron chi connectivity index (χ1n) is 6.63. The third-order valence-corrected chi connectivity index (χ3v) is 4.07. The molecule has 4 nitrogen and oxygen atoms in total. The second-order valence-electron chi connectivity index (χ2n) is 6.14. The molecule has 98 valence electrons. The molecule has 0 unspecified atom stereocenters. The molecular formula is C13H24N2O2. The molecule has 2 N–H and O–H groups in total. The van der Waals surface area contributed by atoms with Crippen LogP contribution >= 0.6 is 0 Å². The topological polar surface area (TPSA) is 50.4 Å². The number of amides is 1. The van der Waals surface area contributed by atoms with Crippen LogP contribution in [0.25, 0.3) is 0 Å². The van der Waals surface area contributed by atoms with Crippen molar-refractivity contribution in [2.75, 3.05) is 26.2 Å². The van der Waals surface area contributed by atoms with Crippen LogP contribution < -0.4 is 10.6 Å². The number of carbonyl (C=O) groups excluding carboxylic acids is 1. The lowest BCUT2D eigenvalue weighted by Crippen LogP contribution is -2.59. The molecule has 0 aromatic carbocycles. The molecule has 0 radical (unpaired) electrons. The molecule has 1 aliphatic heterocycles. The van der Waals surface area contributed by atoms with Gasteiger partial charge in [0.15, 0.2) is 0 Å². The van der Waals surface area contributed by atoms with Crippen LogP contribution in [0.5, 0.6) is 0 Å². The monoisotopic (exact) mass is 240 g/mol. The van der Waals surface area contributed by atoms with Crippen molar-refractivity contribution < 1.29 is 9.53 Å². The van der Waals surface area contributed by atoms with Gasteiger partial charge >= 0.3 is 0 Å². The minimum atomic E-state index is -0.130. The van der Waals surface area contributed by atoms with Crippen molar-refractivity contribution in [3.05, 3.63) is 0 Å². The van der Waals surface area contributed by atoms with E-state index in [0.717, 1.165) is 19.6 Å². The molecule has 0 atom stereocenters. The van der Waals surface area contributed by atoms with Gasteiger partial charge in [-0.05, 0) is 25.2 Å². The fraction of sp³-hybridized carbons (Fsp3) is 0.923. The highest BCUT2D eigenvalue weighted by Crippen LogP contribution is 2.36. The van der Waals surface area contributed by atoms with Crippen molar-refractivity contribution in [2.24, 2.45) is 5.41 Å². The van der Waals surface area contributed by atoms with Crippen molar-refractivity contribution in [3.8, 4) is 0 Å². The fourth-order valence-corrected chi connectivity index (χ4v) is 2.59. The summed E-state index contributed by atoms with van der Waals surface area (Å²) in [5.74, 6) is 0.0197. The molecule has 0 spiro atoms. The summed E-state index contributed by atoms with van der Waals surface area (Å²) in [6.07, 6.45) is 5.06. The van der Waals surface area contributed by atoms with E-state index < -0.39 is 0 Å². The first kappa shape index (κ1) is 12.8. The van der Waals surface area contributed by atoms with E-state index in [1.54, 1.807) is 0 Å². The molecule has 4 heteroatoms. The van der Waals surface area contributed by atoms with Gasteiger partial charge in [-0.15, -0.1) is 0 Å². The van der Waals surface area contributed by atoms with Crippen LogP contribution in [0.2, 0.25) is 0 Å². The SMILES string of the molecule is CC1(CNC(=O)COC2(C)CNC2)CCCC1. The van der Waals surface area contributed by atoms with Crippen LogP contribution in [0.15, 0.2) is 0 Å². The Bertz CT molecular complexity index is 281. The zero-order valence-corrected chi connectivity index (χ0v) is 11.0. The zero-order valence-electron chi connectivity index (χ0n) is 11.0. The molecule has 2 rings (SSSR count). The number of nitrogens with one attached hydrogen (secondary N) is 2. The van der Waals surface area contributed by atoms with Gasteiger partial charge < -0.3 is 15.4 Å². The van der Waals surface area contributed by atoms with E-state index in [1.807, 2.05) is 6.92 Å². The molecule has 17 heavy (non-hydrogen) atoms. The first-order valence-corrected chi connectivity index (χ1v) is 6.63. The van der Waals surface area contributed by atoms with Crippen LogP contribution in [0, 0.1) is 5.41 Å². The number of rotatable bonds is 5. The Morgan fingerprint density at radius 1 is 1.29 bits per heavy atom. The predicted molar refractivity (Wildman–Crippen MR) is 66.8 cm³/mol. The lowest BCUT2D eigenvalue weighted by atomic mass is 9.89. The molecule has 0 aromatic rings. The highest BCUT2D eigenvalue weighted by atomic mass is 16.5. The van der Waals surface area contributed by atoms with Crippen molar-refractivity contribution in [1.29, 1.82) is 0 Å². The summed E-state index contributed by atoms with van der Waals surface area (Å²) in [6, 6.07) is 0. The predicted octanol–water partition coefficient (Wildman–Crippen LogP) is 1.06. The van der Waals surface area contributed by atoms with Crippen LogP contribution in [-0.2, 0) is 9.53 Å². The van der Waals surface area contributed by atoms with E-state index in [2.05, 4.69) is 17.6 Å². The van der Waals surface area contributed by atoms with Crippen molar-refractivity contribution >= 4 is 5.91 Å². The third-order valence-electron chi connectivity index (χ3n) is 4.07. The Kier molecular flexibility index (Phi) is 3.73. The number of hydrogen-bond acceptors (Lipinski definition) is 3. The average molecular weight is 240 g/mol. The maximum atomic E-state index is 11.7. The Hall–Kier alpha value is -0.610. The first-order chi connectivity index (χ1) is 8.02. The minimum Gasteiger partial charge on any atom is -0.363 e. The van der Waals surface area contributed by atoms with E-state index in [1.165, 1.54) is 25.7 Å². The summed E-state index contributed by atoms with van der Waals surface area (Å²) in [5, 5.41) is 6.15. The van der Waals surface area contributed by atoms with Crippen LogP contribution in [0.3, 0.4) is 0 Å². The quantitative estimate of drug-likeness (QED) is 0.755. The third kappa shape index (κ3) is 3.42. The summed E-state index contributed by atoms with van der Waals surface area (Å²) in [4.78, 5) is 11.7. The molecular weight excluding hydrogens is 216 g/mol. The maximum absolute atomic E-state index is 11.7. The fourth-order valence-electron chi connectivity index (χ4n) is 2.59. The summed E-state index contributed by atoms with van der Waals surface area (Å²) in [6.45, 7) is 6.97. The maximum Gasteiger partial charge on any atom is 0.246 e. The van der Waals surface area contributed by atoms with Gasteiger partial charge in [-0.1, -0.05) is 19.8 Å². The Labute approximate surface area is 103 Å². The summed E-state index contributed by atoms with van der Waals surface area (Å²) >= 11 is 0. The van der Waals surface area contributed by atoms with E-state index in [9.17, 15) is 4.79 Å². The molecule has 1 saturated heterocycles. The number of carbonyl (C=O) groups is 1. The molecule has 2 aliphatic rings. The largest absolute Gasteiger partial charge is 0.363 e. The average Bonchev–Trinajstić information content (AvgIpc) is 2.69. The van der Waals surface area contributed by atoms with Crippen molar-refractivity contribution in [1.82, 2.24) is 10.6 Å². The Morgan fingerprint density at radius 2 is 1.94 bits per heavy atom. The summed E-state index contributed by atoms with van der Waals surface area (Å²) in [5.41, 5.74) is 0.187. The highest BCUT2D eigenvalue weighted by Gasteiger charge is 2.33. The molecule has 1 amide bonds. The minimum absolute atomic E-state index is 0.0197. The van der Waals surface area contributed by atoms with E-state index in [4.69, 9.17) is 4.74 Å². The Balaban J connectivity index is 1.63. The summed E-state index contributed by atoms with van der Waals surface area (Å²) < 4.78 is 5.60. The van der Waals surface area contributed by atoms with Gasteiger partial charge in [0.05, 0.1) is 5.60 Å². The molecule has 2 fully saturated rings. The molecule has 1 aliphatic carbocycles. The smallest absolute Gasteiger partial charge is 0.246 e. The lowest BCUT2D eigenvalue weighted by molar-refractivity contribution is -0.136. The van der Waals surface area contributed by atoms with Gasteiger partial charge in [0, 0.05) is 19.6 Å². The summed E-state index contributed by atoms with van der Waals surface area (Å²) in [7, 11) is 0. The standard InChI is InChI=1S/C13H24N2O2/c1-12(5-3-4-6-12)8-15-11(16)7-17-13(2)9-14-10-13/h14H,3-10H2,1-2H3,(H,15,16). The van der Waals surface area contributed by atoms with E-state index >= 15 is 0 Å². The molecule has 1 heterocycles. The van der Waals surface area contributed by atoms with Gasteiger partial charge in [0.2, 0.25) is 5.91 Å². The second-order valence-corrected chi connectivity index (χ2v) is 6.14. The van der Waals surface area contributed by atoms with Gasteiger partial charge in [-0.2, -0.15) is 0 Å². The molecule has 1 saturated carbocycles. The van der Waals surface area contributed by atoms with E-state index in [-0.39, 0.29) is 18.1 Å². The van der Waals surface area contributed by atoms with Crippen LogP contribution in [-0.4, -0.2) is 37.7 Å². The van der Waals surface area contributed by atoms with Crippen molar-refractivity contribution in [3.63, 3.8) is 0 Å². The molecule has 0 aromatic heterocycles. The zero-order chi connectivity index (χ0) is 12.4. The van der Waals surface area contributed by atoms with Gasteiger partial charge in [0.1, 0.15) is 6.61 Å². The van der Waals surface area contributed by atoms with Crippen LogP contribution in [0.4, 0.5) is 0 Å². The number of hydrogen-bond donors (Lipinski definition) is 2. The highest BCUT2D eigenvalue weighted by molar-refractivity contribution is 5.77. The Morgan fingerprint density at radius 3 is 2.47 bits per heavy atom. The van der Waals surface area contributed by atoms with Crippen LogP contribution in [0.1, 0.15) is 39.5 Å².